The molecule has 10 heteroatoms. The Bertz CT molecular complexity index is 674. The van der Waals surface area contributed by atoms with Gasteiger partial charge in [0, 0.05) is 11.8 Å². The van der Waals surface area contributed by atoms with Crippen molar-refractivity contribution in [3.63, 3.8) is 0 Å². The third-order valence-electron chi connectivity index (χ3n) is 2.31. The molecule has 2 rings (SSSR count). The van der Waals surface area contributed by atoms with E-state index in [1.54, 1.807) is 6.92 Å². The second-order valence-corrected chi connectivity index (χ2v) is 3.67. The van der Waals surface area contributed by atoms with Gasteiger partial charge < -0.3 is 9.15 Å². The molecule has 0 bridgehead atoms. The van der Waals surface area contributed by atoms with Gasteiger partial charge in [0.05, 0.1) is 18.9 Å². The molecule has 110 valence electrons. The first-order chi connectivity index (χ1) is 10.1. The molecule has 0 aromatic carbocycles. The van der Waals surface area contributed by atoms with Gasteiger partial charge >= 0.3 is 12.0 Å². The van der Waals surface area contributed by atoms with Crippen molar-refractivity contribution in [2.24, 2.45) is 5.10 Å². The van der Waals surface area contributed by atoms with Crippen LogP contribution in [-0.2, 0) is 4.74 Å². The van der Waals surface area contributed by atoms with Gasteiger partial charge in [-0.3, -0.25) is 15.2 Å². The summed E-state index contributed by atoms with van der Waals surface area (Å²) >= 11 is 0. The van der Waals surface area contributed by atoms with Crippen LogP contribution in [0.2, 0.25) is 0 Å². The molecule has 0 radical (unpaired) electrons. The van der Waals surface area contributed by atoms with Crippen LogP contribution in [0.4, 0.5) is 10.7 Å². The molecular weight excluding hydrogens is 282 g/mol. The minimum atomic E-state index is -0.688. The molecule has 0 aliphatic rings. The molecule has 0 fully saturated rings. The number of carbonyl (C=O) groups is 1. The zero-order valence-electron chi connectivity index (χ0n) is 10.9. The Balaban J connectivity index is 2.12. The Kier molecular flexibility index (Phi) is 4.29. The van der Waals surface area contributed by atoms with Gasteiger partial charge in [-0.05, 0) is 13.0 Å². The van der Waals surface area contributed by atoms with Gasteiger partial charge in [-0.1, -0.05) is 0 Å². The van der Waals surface area contributed by atoms with Crippen LogP contribution in [0.5, 0.6) is 0 Å². The topological polar surface area (TPSA) is 136 Å². The maximum Gasteiger partial charge on any atom is 0.433 e. The van der Waals surface area contributed by atoms with Gasteiger partial charge in [-0.2, -0.15) is 10.2 Å². The average Bonchev–Trinajstić information content (AvgIpc) is 3.06. The molecule has 0 saturated heterocycles. The molecule has 0 unspecified atom stereocenters. The molecule has 2 heterocycles. The summed E-state index contributed by atoms with van der Waals surface area (Å²) in [5.74, 6) is -0.180. The van der Waals surface area contributed by atoms with Gasteiger partial charge in [-0.15, -0.1) is 0 Å². The molecule has 21 heavy (non-hydrogen) atoms. The highest BCUT2D eigenvalue weighted by Crippen LogP contribution is 2.26. The fourth-order valence-electron chi connectivity index (χ4n) is 1.47. The van der Waals surface area contributed by atoms with Gasteiger partial charge in [0.15, 0.2) is 5.76 Å². The van der Waals surface area contributed by atoms with Crippen LogP contribution in [0.1, 0.15) is 12.5 Å². The Hall–Kier alpha value is -3.17. The molecule has 2 N–H and O–H groups in total. The fourth-order valence-corrected chi connectivity index (χ4v) is 1.47. The minimum absolute atomic E-state index is 0.209. The van der Waals surface area contributed by atoms with Crippen LogP contribution in [0.15, 0.2) is 27.8 Å². The first-order valence-corrected chi connectivity index (χ1v) is 5.86. The highest BCUT2D eigenvalue weighted by molar-refractivity contribution is 5.88. The summed E-state index contributed by atoms with van der Waals surface area (Å²) in [6.45, 7) is 1.90. The Morgan fingerprint density at radius 2 is 2.48 bits per heavy atom. The number of rotatable bonds is 5. The standard InChI is InChI=1S/C11H11N5O5/c1-2-20-11(17)15-13-6-7-5-12-14-10(7)8-3-4-9(21-8)16(18)19/h3-6H,2H2,1H3,(H,12,14)(H,15,17)/b13-6+. The van der Waals surface area contributed by atoms with E-state index in [9.17, 15) is 14.9 Å². The van der Waals surface area contributed by atoms with Crippen molar-refractivity contribution in [3.8, 4) is 11.5 Å². The zero-order chi connectivity index (χ0) is 15.2. The van der Waals surface area contributed by atoms with E-state index in [4.69, 9.17) is 4.42 Å². The molecule has 0 saturated carbocycles. The number of nitro groups is 1. The van der Waals surface area contributed by atoms with Crippen LogP contribution in [-0.4, -0.2) is 34.0 Å². The Morgan fingerprint density at radius 3 is 3.14 bits per heavy atom. The van der Waals surface area contributed by atoms with Crippen LogP contribution in [0, 0.1) is 10.1 Å². The minimum Gasteiger partial charge on any atom is -0.449 e. The molecule has 0 aliphatic carbocycles. The van der Waals surface area contributed by atoms with E-state index in [-0.39, 0.29) is 18.3 Å². The lowest BCUT2D eigenvalue weighted by atomic mass is 10.2. The van der Waals surface area contributed by atoms with E-state index in [1.807, 2.05) is 0 Å². The van der Waals surface area contributed by atoms with E-state index in [1.165, 1.54) is 24.5 Å². The quantitative estimate of drug-likeness (QED) is 0.488. The monoisotopic (exact) mass is 293 g/mol. The normalized spacial score (nSPS) is 10.7. The van der Waals surface area contributed by atoms with Crippen molar-refractivity contribution in [3.05, 3.63) is 34.0 Å². The molecule has 1 amide bonds. The number of amides is 1. The Labute approximate surface area is 117 Å². The van der Waals surface area contributed by atoms with Crippen molar-refractivity contribution < 1.29 is 18.9 Å². The maximum absolute atomic E-state index is 11.0. The largest absolute Gasteiger partial charge is 0.449 e. The van der Waals surface area contributed by atoms with E-state index in [0.29, 0.717) is 11.3 Å². The molecule has 0 atom stereocenters. The maximum atomic E-state index is 11.0. The number of nitrogens with zero attached hydrogens (tertiary/aromatic N) is 3. The number of H-pyrrole nitrogens is 1. The second kappa shape index (κ2) is 6.32. The van der Waals surface area contributed by atoms with Crippen molar-refractivity contribution in [1.82, 2.24) is 15.6 Å². The first kappa shape index (κ1) is 14.2. The van der Waals surface area contributed by atoms with Crippen LogP contribution in [0.25, 0.3) is 11.5 Å². The SMILES string of the molecule is CCOC(=O)N/N=C/c1c[nH]nc1-c1ccc([N+](=O)[O-])o1. The number of hydrogen-bond acceptors (Lipinski definition) is 7. The fraction of sp³-hybridized carbons (Fsp3) is 0.182. The number of carbonyl (C=O) groups excluding carboxylic acids is 1. The predicted octanol–water partition coefficient (Wildman–Crippen LogP) is 1.66. The summed E-state index contributed by atoms with van der Waals surface area (Å²) in [6.07, 6.45) is 2.12. The van der Waals surface area contributed by atoms with Crippen molar-refractivity contribution in [2.75, 3.05) is 6.61 Å². The van der Waals surface area contributed by atoms with Crippen LogP contribution >= 0.6 is 0 Å². The van der Waals surface area contributed by atoms with Gasteiger partial charge in [0.1, 0.15) is 10.6 Å². The number of hydrogen-bond donors (Lipinski definition) is 2. The summed E-state index contributed by atoms with van der Waals surface area (Å²) in [6, 6.07) is 2.65. The summed E-state index contributed by atoms with van der Waals surface area (Å²) in [5, 5.41) is 20.7. The smallest absolute Gasteiger partial charge is 0.433 e. The average molecular weight is 293 g/mol. The van der Waals surface area contributed by atoms with Gasteiger partial charge in [0.2, 0.25) is 0 Å². The van der Waals surface area contributed by atoms with Crippen molar-refractivity contribution >= 4 is 18.2 Å². The summed E-state index contributed by atoms with van der Waals surface area (Å²) < 4.78 is 9.67. The number of nitrogens with one attached hydrogen (secondary N) is 2. The summed E-state index contributed by atoms with van der Waals surface area (Å²) in [7, 11) is 0. The van der Waals surface area contributed by atoms with Crippen LogP contribution in [0.3, 0.4) is 0 Å². The lowest BCUT2D eigenvalue weighted by molar-refractivity contribution is -0.401. The molecule has 10 nitrogen and oxygen atoms in total. The molecular formula is C11H11N5O5. The van der Waals surface area contributed by atoms with Crippen molar-refractivity contribution in [2.45, 2.75) is 6.92 Å². The molecule has 0 aliphatic heterocycles. The molecule has 2 aromatic heterocycles. The van der Waals surface area contributed by atoms with Crippen LogP contribution < -0.4 is 5.43 Å². The number of aromatic nitrogens is 2. The van der Waals surface area contributed by atoms with E-state index >= 15 is 0 Å². The van der Waals surface area contributed by atoms with Crippen molar-refractivity contribution in [1.29, 1.82) is 0 Å². The van der Waals surface area contributed by atoms with Gasteiger partial charge in [-0.25, -0.2) is 10.2 Å². The number of hydrazone groups is 1. The summed E-state index contributed by atoms with van der Waals surface area (Å²) in [4.78, 5) is 21.0. The Morgan fingerprint density at radius 1 is 1.67 bits per heavy atom. The zero-order valence-corrected chi connectivity index (χ0v) is 10.9. The van der Waals surface area contributed by atoms with Gasteiger partial charge in [0.25, 0.3) is 0 Å². The lowest BCUT2D eigenvalue weighted by Crippen LogP contribution is -2.18. The predicted molar refractivity (Wildman–Crippen MR) is 70.7 cm³/mol. The number of ether oxygens (including phenoxy) is 1. The molecule has 2 aromatic rings. The number of furan rings is 1. The van der Waals surface area contributed by atoms with E-state index < -0.39 is 11.0 Å². The highest BCUT2D eigenvalue weighted by Gasteiger charge is 2.16. The highest BCUT2D eigenvalue weighted by atomic mass is 16.6. The number of aromatic amines is 1. The first-order valence-electron chi connectivity index (χ1n) is 5.86. The summed E-state index contributed by atoms with van der Waals surface area (Å²) in [5.41, 5.74) is 2.97. The lowest BCUT2D eigenvalue weighted by Gasteiger charge is -1.98. The third-order valence-corrected chi connectivity index (χ3v) is 2.31. The third kappa shape index (κ3) is 3.43. The molecule has 0 spiro atoms. The van der Waals surface area contributed by atoms with E-state index in [0.717, 1.165) is 0 Å². The van der Waals surface area contributed by atoms with E-state index in [2.05, 4.69) is 25.5 Å². The second-order valence-electron chi connectivity index (χ2n) is 3.67.